The van der Waals surface area contributed by atoms with E-state index in [0.717, 1.165) is 17.1 Å². The van der Waals surface area contributed by atoms with Crippen molar-refractivity contribution in [3.8, 4) is 11.5 Å². The lowest BCUT2D eigenvalue weighted by molar-refractivity contribution is -0.113. The van der Waals surface area contributed by atoms with Crippen LogP contribution in [-0.4, -0.2) is 48.3 Å². The Morgan fingerprint density at radius 1 is 1.25 bits per heavy atom. The number of ether oxygens (including phenoxy) is 2. The summed E-state index contributed by atoms with van der Waals surface area (Å²) in [6, 6.07) is 13.0. The lowest BCUT2D eigenvalue weighted by Crippen LogP contribution is -2.44. The fraction of sp³-hybridized carbons (Fsp3) is 0.333. The molecule has 0 spiro atoms. The van der Waals surface area contributed by atoms with Gasteiger partial charge in [0.05, 0.1) is 18.0 Å². The smallest absolute Gasteiger partial charge is 0.254 e. The van der Waals surface area contributed by atoms with Crippen LogP contribution >= 0.6 is 11.8 Å². The summed E-state index contributed by atoms with van der Waals surface area (Å²) in [6.07, 6.45) is 0.617. The second kappa shape index (κ2) is 8.14. The molecule has 0 aromatic heterocycles. The van der Waals surface area contributed by atoms with E-state index in [0.29, 0.717) is 42.4 Å². The molecular weight excluding hydrogens is 376 g/mol. The topological polar surface area (TPSA) is 67.9 Å². The van der Waals surface area contributed by atoms with Gasteiger partial charge in [0.2, 0.25) is 5.91 Å². The summed E-state index contributed by atoms with van der Waals surface area (Å²) >= 11 is 1.48. The molecule has 0 fully saturated rings. The van der Waals surface area contributed by atoms with Gasteiger partial charge in [0, 0.05) is 17.0 Å². The van der Waals surface area contributed by atoms with E-state index in [2.05, 4.69) is 5.32 Å². The minimum atomic E-state index is -0.224. The van der Waals surface area contributed by atoms with Crippen molar-refractivity contribution in [2.45, 2.75) is 24.3 Å². The van der Waals surface area contributed by atoms with Gasteiger partial charge in [-0.2, -0.15) is 0 Å². The van der Waals surface area contributed by atoms with Crippen molar-refractivity contribution in [1.29, 1.82) is 0 Å². The summed E-state index contributed by atoms with van der Waals surface area (Å²) < 4.78 is 11.8. The first kappa shape index (κ1) is 18.7. The van der Waals surface area contributed by atoms with E-state index in [9.17, 15) is 9.59 Å². The number of nitrogens with zero attached hydrogens (tertiary/aromatic N) is 1. The number of nitrogens with one attached hydrogen (secondary N) is 1. The first-order valence-electron chi connectivity index (χ1n) is 9.38. The van der Waals surface area contributed by atoms with Crippen LogP contribution in [0.15, 0.2) is 47.4 Å². The van der Waals surface area contributed by atoms with Crippen LogP contribution in [0.1, 0.15) is 23.7 Å². The van der Waals surface area contributed by atoms with Crippen LogP contribution in [-0.2, 0) is 4.79 Å². The minimum Gasteiger partial charge on any atom is -0.486 e. The summed E-state index contributed by atoms with van der Waals surface area (Å²) in [5.41, 5.74) is 1.27. The van der Waals surface area contributed by atoms with Gasteiger partial charge in [0.15, 0.2) is 17.6 Å². The summed E-state index contributed by atoms with van der Waals surface area (Å²) in [6.45, 7) is 3.51. The standard InChI is InChI=1S/C21H22N2O4S/c1-2-9-23(11-15-12-26-17-5-3-4-6-18(17)27-15)21(25)14-7-8-19-16(10-14)22-20(24)13-28-19/h3-8,10,15H,2,9,11-13H2,1H3,(H,22,24)/t15-/m1/s1. The number of carbonyl (C=O) groups excluding carboxylic acids is 2. The third-order valence-corrected chi connectivity index (χ3v) is 5.71. The molecule has 2 heterocycles. The largest absolute Gasteiger partial charge is 0.486 e. The maximum Gasteiger partial charge on any atom is 0.254 e. The zero-order valence-corrected chi connectivity index (χ0v) is 16.5. The van der Waals surface area contributed by atoms with Gasteiger partial charge in [-0.1, -0.05) is 19.1 Å². The number of rotatable bonds is 5. The molecule has 0 aliphatic carbocycles. The Labute approximate surface area is 168 Å². The molecule has 0 bridgehead atoms. The molecule has 2 aliphatic rings. The Morgan fingerprint density at radius 2 is 2.07 bits per heavy atom. The SMILES string of the molecule is CCCN(C[C@@H]1COc2ccccc2O1)C(=O)c1ccc2c(c1)NC(=O)CS2. The molecular formula is C21H22N2O4S. The van der Waals surface area contributed by atoms with E-state index in [4.69, 9.17) is 9.47 Å². The third-order valence-electron chi connectivity index (χ3n) is 4.63. The number of fused-ring (bicyclic) bond motifs is 2. The highest BCUT2D eigenvalue weighted by Gasteiger charge is 2.26. The highest BCUT2D eigenvalue weighted by molar-refractivity contribution is 8.00. The molecule has 1 atom stereocenters. The number of benzene rings is 2. The van der Waals surface area contributed by atoms with E-state index in [1.54, 1.807) is 11.0 Å². The van der Waals surface area contributed by atoms with E-state index in [1.807, 2.05) is 43.3 Å². The van der Waals surface area contributed by atoms with Crippen molar-refractivity contribution in [3.63, 3.8) is 0 Å². The van der Waals surface area contributed by atoms with Gasteiger partial charge in [0.1, 0.15) is 6.61 Å². The lowest BCUT2D eigenvalue weighted by Gasteiger charge is -2.31. The van der Waals surface area contributed by atoms with Crippen molar-refractivity contribution in [3.05, 3.63) is 48.0 Å². The average molecular weight is 398 g/mol. The number of anilines is 1. The number of carbonyl (C=O) groups is 2. The van der Waals surface area contributed by atoms with Crippen LogP contribution in [0.4, 0.5) is 5.69 Å². The van der Waals surface area contributed by atoms with E-state index in [-0.39, 0.29) is 17.9 Å². The summed E-state index contributed by atoms with van der Waals surface area (Å²) in [4.78, 5) is 27.6. The van der Waals surface area contributed by atoms with Crippen LogP contribution in [0.5, 0.6) is 11.5 Å². The fourth-order valence-corrected chi connectivity index (χ4v) is 4.13. The Balaban J connectivity index is 1.49. The monoisotopic (exact) mass is 398 g/mol. The maximum absolute atomic E-state index is 13.1. The normalized spacial score (nSPS) is 17.5. The predicted octanol–water partition coefficient (Wildman–Crippen LogP) is 3.42. The van der Waals surface area contributed by atoms with Crippen molar-refractivity contribution in [2.24, 2.45) is 0 Å². The van der Waals surface area contributed by atoms with Gasteiger partial charge < -0.3 is 19.7 Å². The van der Waals surface area contributed by atoms with Gasteiger partial charge in [-0.15, -0.1) is 11.8 Å². The van der Waals surface area contributed by atoms with Gasteiger partial charge in [0.25, 0.3) is 5.91 Å². The quantitative estimate of drug-likeness (QED) is 0.836. The molecule has 4 rings (SSSR count). The van der Waals surface area contributed by atoms with Crippen LogP contribution in [0, 0.1) is 0 Å². The molecule has 2 aliphatic heterocycles. The Morgan fingerprint density at radius 3 is 2.89 bits per heavy atom. The molecule has 0 unspecified atom stereocenters. The van der Waals surface area contributed by atoms with Crippen molar-refractivity contribution in [1.82, 2.24) is 4.90 Å². The molecule has 1 N–H and O–H groups in total. The zero-order chi connectivity index (χ0) is 19.5. The van der Waals surface area contributed by atoms with Crippen LogP contribution < -0.4 is 14.8 Å². The molecule has 2 amide bonds. The van der Waals surface area contributed by atoms with Crippen molar-refractivity contribution < 1.29 is 19.1 Å². The fourth-order valence-electron chi connectivity index (χ4n) is 3.34. The third kappa shape index (κ3) is 3.94. The lowest BCUT2D eigenvalue weighted by atomic mass is 10.1. The predicted molar refractivity (Wildman–Crippen MR) is 108 cm³/mol. The highest BCUT2D eigenvalue weighted by Crippen LogP contribution is 2.33. The first-order valence-corrected chi connectivity index (χ1v) is 10.4. The van der Waals surface area contributed by atoms with Gasteiger partial charge in [-0.25, -0.2) is 0 Å². The van der Waals surface area contributed by atoms with Gasteiger partial charge >= 0.3 is 0 Å². The van der Waals surface area contributed by atoms with Crippen LogP contribution in [0.2, 0.25) is 0 Å². The van der Waals surface area contributed by atoms with E-state index < -0.39 is 0 Å². The molecule has 0 saturated carbocycles. The van der Waals surface area contributed by atoms with Crippen molar-refractivity contribution >= 4 is 29.3 Å². The van der Waals surface area contributed by atoms with Gasteiger partial charge in [-0.05, 0) is 36.8 Å². The van der Waals surface area contributed by atoms with Crippen LogP contribution in [0.3, 0.4) is 0 Å². The highest BCUT2D eigenvalue weighted by atomic mass is 32.2. The van der Waals surface area contributed by atoms with E-state index >= 15 is 0 Å². The molecule has 7 heteroatoms. The zero-order valence-electron chi connectivity index (χ0n) is 15.6. The summed E-state index contributed by atoms with van der Waals surface area (Å²) in [5.74, 6) is 1.73. The van der Waals surface area contributed by atoms with E-state index in [1.165, 1.54) is 11.8 Å². The number of amides is 2. The first-order chi connectivity index (χ1) is 13.6. The Kier molecular flexibility index (Phi) is 5.43. The minimum absolute atomic E-state index is 0.0427. The molecule has 2 aromatic carbocycles. The number of para-hydroxylation sites is 2. The second-order valence-electron chi connectivity index (χ2n) is 6.80. The summed E-state index contributed by atoms with van der Waals surface area (Å²) in [7, 11) is 0. The molecule has 0 radical (unpaired) electrons. The molecule has 0 saturated heterocycles. The molecule has 28 heavy (non-hydrogen) atoms. The second-order valence-corrected chi connectivity index (χ2v) is 7.81. The Bertz CT molecular complexity index is 902. The average Bonchev–Trinajstić information content (AvgIpc) is 2.72. The van der Waals surface area contributed by atoms with Crippen LogP contribution in [0.25, 0.3) is 0 Å². The molecule has 2 aromatic rings. The summed E-state index contributed by atoms with van der Waals surface area (Å²) in [5, 5.41) is 2.84. The Hall–Kier alpha value is -2.67. The van der Waals surface area contributed by atoms with Crippen molar-refractivity contribution in [2.75, 3.05) is 30.8 Å². The molecule has 6 nitrogen and oxygen atoms in total. The van der Waals surface area contributed by atoms with Gasteiger partial charge in [-0.3, -0.25) is 9.59 Å². The number of hydrogen-bond acceptors (Lipinski definition) is 5. The number of thioether (sulfide) groups is 1. The molecule has 146 valence electrons. The number of hydrogen-bond donors (Lipinski definition) is 1. The maximum atomic E-state index is 13.1.